The Morgan fingerprint density at radius 3 is 1.83 bits per heavy atom. The highest BCUT2D eigenvalue weighted by Crippen LogP contribution is 2.29. The van der Waals surface area contributed by atoms with Gasteiger partial charge in [-0.2, -0.15) is 0 Å². The molecule has 178 valence electrons. The maximum atomic E-state index is 5.04. The van der Waals surface area contributed by atoms with Gasteiger partial charge in [-0.3, -0.25) is 5.32 Å². The van der Waals surface area contributed by atoms with Gasteiger partial charge in [-0.15, -0.1) is 0 Å². The topological polar surface area (TPSA) is 70.5 Å². The minimum Gasteiger partial charge on any atom is -0.372 e. The minimum atomic E-state index is -0.366. The van der Waals surface area contributed by atoms with Gasteiger partial charge in [0, 0.05) is 31.2 Å². The van der Waals surface area contributed by atoms with Crippen LogP contribution >= 0.6 is 0 Å². The second-order valence-corrected chi connectivity index (χ2v) is 8.83. The number of aliphatic imine (C=N–C) groups is 2. The van der Waals surface area contributed by atoms with Gasteiger partial charge in [0.05, 0.1) is 12.1 Å². The molecule has 0 aromatic heterocycles. The fourth-order valence-electron chi connectivity index (χ4n) is 4.93. The molecular formula is C27H30N8. The summed E-state index contributed by atoms with van der Waals surface area (Å²) in [6.07, 6.45) is 20.5. The van der Waals surface area contributed by atoms with Crippen molar-refractivity contribution in [3.63, 3.8) is 0 Å². The molecule has 0 bridgehead atoms. The number of allylic oxidation sites excluding steroid dienone is 4. The minimum absolute atomic E-state index is 0.0778. The van der Waals surface area contributed by atoms with E-state index in [1.54, 1.807) is 0 Å². The van der Waals surface area contributed by atoms with Crippen LogP contribution in [0.2, 0.25) is 0 Å². The summed E-state index contributed by atoms with van der Waals surface area (Å²) in [6, 6.07) is 8.77. The summed E-state index contributed by atoms with van der Waals surface area (Å²) in [6.45, 7) is 6.31. The average Bonchev–Trinajstić information content (AvgIpc) is 3.54. The number of hydrazine groups is 2. The number of hydrogen-bond acceptors (Lipinski definition) is 8. The smallest absolute Gasteiger partial charge is 0.223 e. The molecule has 5 aliphatic rings. The maximum Gasteiger partial charge on any atom is 0.223 e. The first-order valence-corrected chi connectivity index (χ1v) is 12.2. The molecule has 1 aromatic carbocycles. The molecule has 3 aliphatic heterocycles. The van der Waals surface area contributed by atoms with Crippen LogP contribution in [0.15, 0.2) is 106 Å². The number of nitrogens with one attached hydrogen (secondary N) is 3. The molecule has 3 N–H and O–H groups in total. The van der Waals surface area contributed by atoms with Crippen molar-refractivity contribution in [2.75, 3.05) is 18.0 Å². The van der Waals surface area contributed by atoms with E-state index in [1.807, 2.05) is 12.4 Å². The number of rotatable bonds is 4. The van der Waals surface area contributed by atoms with Crippen molar-refractivity contribution in [1.29, 1.82) is 0 Å². The van der Waals surface area contributed by atoms with Gasteiger partial charge in [0.1, 0.15) is 0 Å². The van der Waals surface area contributed by atoms with E-state index in [-0.39, 0.29) is 18.2 Å². The normalized spacial score (nSPS) is 25.6. The van der Waals surface area contributed by atoms with E-state index in [9.17, 15) is 0 Å². The summed E-state index contributed by atoms with van der Waals surface area (Å²) >= 11 is 0. The highest BCUT2D eigenvalue weighted by molar-refractivity contribution is 6.01. The molecule has 8 heteroatoms. The van der Waals surface area contributed by atoms with Crippen LogP contribution in [0.1, 0.15) is 25.6 Å². The van der Waals surface area contributed by atoms with Gasteiger partial charge < -0.3 is 15.8 Å². The van der Waals surface area contributed by atoms with E-state index in [0.717, 1.165) is 30.6 Å². The lowest BCUT2D eigenvalue weighted by atomic mass is 10.0. The van der Waals surface area contributed by atoms with Crippen LogP contribution in [0.5, 0.6) is 0 Å². The zero-order chi connectivity index (χ0) is 23.8. The third-order valence-corrected chi connectivity index (χ3v) is 6.86. The van der Waals surface area contributed by atoms with Gasteiger partial charge in [-0.1, -0.05) is 60.7 Å². The van der Waals surface area contributed by atoms with Crippen LogP contribution in [-0.2, 0) is 0 Å². The van der Waals surface area contributed by atoms with E-state index in [4.69, 9.17) is 9.98 Å². The van der Waals surface area contributed by atoms with Crippen LogP contribution < -0.4 is 21.1 Å². The second-order valence-electron chi connectivity index (χ2n) is 8.83. The van der Waals surface area contributed by atoms with E-state index in [0.29, 0.717) is 0 Å². The molecule has 2 aliphatic carbocycles. The predicted molar refractivity (Wildman–Crippen MR) is 141 cm³/mol. The van der Waals surface area contributed by atoms with Crippen LogP contribution in [0.3, 0.4) is 0 Å². The Morgan fingerprint density at radius 2 is 1.31 bits per heavy atom. The largest absolute Gasteiger partial charge is 0.372 e. The second kappa shape index (κ2) is 8.87. The molecule has 3 heterocycles. The quantitative estimate of drug-likeness (QED) is 0.633. The molecule has 8 nitrogen and oxygen atoms in total. The predicted octanol–water partition coefficient (Wildman–Crippen LogP) is 3.24. The van der Waals surface area contributed by atoms with Gasteiger partial charge in [0.2, 0.25) is 11.9 Å². The summed E-state index contributed by atoms with van der Waals surface area (Å²) in [7, 11) is 0. The first-order chi connectivity index (χ1) is 17.2. The maximum absolute atomic E-state index is 5.04. The van der Waals surface area contributed by atoms with Gasteiger partial charge in [-0.25, -0.2) is 20.0 Å². The standard InChI is InChI=1S/C27H30N8/c1-3-33(4-2)22-15-13-19(14-16-22)25-30-26(34-23-11-7-5-9-20(23)17-28-34)32-27(31-25)35-24-12-8-6-10-21(24)18-29-35/h5-18,23-25,28-29H,3-4H2,1-2H3,(H,30,31,32). The Balaban J connectivity index is 1.33. The SMILES string of the molecule is CCN(CC)c1ccc(C2N=C(N3NC=C4C=CC=CC43)NC(N3NC=C4C=CC=CC43)=N2)cc1. The number of benzene rings is 1. The third kappa shape index (κ3) is 3.80. The molecule has 0 saturated heterocycles. The fourth-order valence-corrected chi connectivity index (χ4v) is 4.93. The van der Waals surface area contributed by atoms with Crippen molar-refractivity contribution < 1.29 is 0 Å². The Bertz CT molecular complexity index is 1160. The summed E-state index contributed by atoms with van der Waals surface area (Å²) in [5.41, 5.74) is 11.4. The van der Waals surface area contributed by atoms with Gasteiger partial charge in [0.25, 0.3) is 0 Å². The Hall–Kier alpha value is -4.20. The van der Waals surface area contributed by atoms with E-state index in [2.05, 4.69) is 118 Å². The number of fused-ring (bicyclic) bond motifs is 2. The van der Waals surface area contributed by atoms with Crippen molar-refractivity contribution in [2.24, 2.45) is 9.98 Å². The van der Waals surface area contributed by atoms with Gasteiger partial charge in [0.15, 0.2) is 6.17 Å². The van der Waals surface area contributed by atoms with Crippen molar-refractivity contribution in [2.45, 2.75) is 32.1 Å². The molecule has 2 unspecified atom stereocenters. The molecular weight excluding hydrogens is 436 g/mol. The fraction of sp³-hybridized carbons (Fsp3) is 0.259. The Morgan fingerprint density at radius 1 is 0.771 bits per heavy atom. The molecule has 6 rings (SSSR count). The summed E-state index contributed by atoms with van der Waals surface area (Å²) < 4.78 is 0. The molecule has 2 atom stereocenters. The van der Waals surface area contributed by atoms with Crippen molar-refractivity contribution in [3.8, 4) is 0 Å². The first kappa shape index (κ1) is 21.3. The molecule has 0 amide bonds. The van der Waals surface area contributed by atoms with Crippen LogP contribution in [0.25, 0.3) is 0 Å². The Labute approximate surface area is 206 Å². The highest BCUT2D eigenvalue weighted by atomic mass is 15.6. The number of nitrogens with zero attached hydrogens (tertiary/aromatic N) is 5. The molecule has 0 saturated carbocycles. The number of anilines is 1. The average molecular weight is 467 g/mol. The lowest BCUT2D eigenvalue weighted by Crippen LogP contribution is -2.58. The zero-order valence-electron chi connectivity index (χ0n) is 20.0. The summed E-state index contributed by atoms with van der Waals surface area (Å²) in [5.74, 6) is 1.46. The van der Waals surface area contributed by atoms with Crippen LogP contribution in [0, 0.1) is 0 Å². The Kier molecular flexibility index (Phi) is 5.41. The van der Waals surface area contributed by atoms with Gasteiger partial charge >= 0.3 is 0 Å². The van der Waals surface area contributed by atoms with Crippen LogP contribution in [-0.4, -0.2) is 47.1 Å². The highest BCUT2D eigenvalue weighted by Gasteiger charge is 2.35. The summed E-state index contributed by atoms with van der Waals surface area (Å²) in [4.78, 5) is 12.4. The molecule has 0 spiro atoms. The van der Waals surface area contributed by atoms with E-state index >= 15 is 0 Å². The molecule has 0 radical (unpaired) electrons. The first-order valence-electron chi connectivity index (χ1n) is 12.2. The molecule has 0 fully saturated rings. The van der Waals surface area contributed by atoms with E-state index in [1.165, 1.54) is 16.8 Å². The lowest BCUT2D eigenvalue weighted by Gasteiger charge is -2.35. The zero-order valence-corrected chi connectivity index (χ0v) is 20.0. The lowest BCUT2D eigenvalue weighted by molar-refractivity contribution is 0.329. The van der Waals surface area contributed by atoms with Crippen molar-refractivity contribution in [3.05, 3.63) is 102 Å². The molecule has 1 aromatic rings. The third-order valence-electron chi connectivity index (χ3n) is 6.86. The number of hydrogen-bond donors (Lipinski definition) is 3. The number of guanidine groups is 2. The monoisotopic (exact) mass is 466 g/mol. The van der Waals surface area contributed by atoms with Gasteiger partial charge in [-0.05, 0) is 42.7 Å². The summed E-state index contributed by atoms with van der Waals surface area (Å²) in [5, 5.41) is 7.60. The van der Waals surface area contributed by atoms with Crippen molar-refractivity contribution >= 4 is 17.6 Å². The van der Waals surface area contributed by atoms with E-state index < -0.39 is 0 Å². The van der Waals surface area contributed by atoms with Crippen molar-refractivity contribution in [1.82, 2.24) is 26.2 Å². The molecule has 35 heavy (non-hydrogen) atoms. The van der Waals surface area contributed by atoms with Crippen LogP contribution in [0.4, 0.5) is 5.69 Å².